The molecule has 10 heteroatoms. The zero-order chi connectivity index (χ0) is 22.0. The first-order valence-corrected chi connectivity index (χ1v) is 12.3. The van der Waals surface area contributed by atoms with Gasteiger partial charge in [0.1, 0.15) is 24.3 Å². The maximum atomic E-state index is 13.0. The van der Waals surface area contributed by atoms with Crippen LogP contribution in [0.15, 0.2) is 30.6 Å². The lowest BCUT2D eigenvalue weighted by Gasteiger charge is -2.29. The van der Waals surface area contributed by atoms with Gasteiger partial charge in [-0.2, -0.15) is 0 Å². The topological polar surface area (TPSA) is 128 Å². The van der Waals surface area contributed by atoms with E-state index in [1.807, 2.05) is 12.1 Å². The second-order valence-corrected chi connectivity index (χ2v) is 10.0. The number of benzene rings is 1. The van der Waals surface area contributed by atoms with Gasteiger partial charge in [0.05, 0.1) is 12.8 Å². The third-order valence-electron chi connectivity index (χ3n) is 6.01. The quantitative estimate of drug-likeness (QED) is 0.720. The number of aromatic nitrogens is 2. The van der Waals surface area contributed by atoms with Gasteiger partial charge in [0.15, 0.2) is 0 Å². The Morgan fingerprint density at radius 1 is 1.16 bits per heavy atom. The summed E-state index contributed by atoms with van der Waals surface area (Å²) in [4.78, 5) is 22.6. The summed E-state index contributed by atoms with van der Waals surface area (Å²) in [6.07, 6.45) is 6.51. The van der Waals surface area contributed by atoms with Crippen LogP contribution in [0.5, 0.6) is 5.88 Å². The predicted octanol–water partition coefficient (Wildman–Crippen LogP) is 1.92. The largest absolute Gasteiger partial charge is 0.475 e. The number of ether oxygens (including phenoxy) is 1. The first-order valence-electron chi connectivity index (χ1n) is 10.4. The Hall–Kier alpha value is -2.72. The van der Waals surface area contributed by atoms with Crippen LogP contribution in [0.2, 0.25) is 0 Å². The van der Waals surface area contributed by atoms with Gasteiger partial charge >= 0.3 is 0 Å². The number of nitrogen functional groups attached to an aromatic ring is 1. The molecule has 1 aliphatic carbocycles. The molecule has 4 rings (SSSR count). The fourth-order valence-corrected chi connectivity index (χ4v) is 4.84. The van der Waals surface area contributed by atoms with Gasteiger partial charge in [0.2, 0.25) is 15.9 Å². The minimum absolute atomic E-state index is 0.112. The van der Waals surface area contributed by atoms with Crippen LogP contribution < -0.4 is 20.1 Å². The molecule has 1 amide bonds. The zero-order valence-electron chi connectivity index (χ0n) is 17.5. The molecule has 2 aromatic rings. The molecule has 0 spiro atoms. The van der Waals surface area contributed by atoms with Gasteiger partial charge in [-0.3, -0.25) is 4.79 Å². The number of hydrogen-bond acceptors (Lipinski definition) is 7. The van der Waals surface area contributed by atoms with E-state index < -0.39 is 10.0 Å². The Labute approximate surface area is 182 Å². The summed E-state index contributed by atoms with van der Waals surface area (Å²) < 4.78 is 30.8. The number of nitrogens with one attached hydrogen (secondary N) is 1. The van der Waals surface area contributed by atoms with Crippen molar-refractivity contribution >= 4 is 27.4 Å². The molecular weight excluding hydrogens is 418 g/mol. The second-order valence-electron chi connectivity index (χ2n) is 8.17. The van der Waals surface area contributed by atoms with Gasteiger partial charge in [0.25, 0.3) is 5.91 Å². The molecule has 2 aliphatic rings. The van der Waals surface area contributed by atoms with Crippen LogP contribution in [-0.4, -0.2) is 50.2 Å². The Morgan fingerprint density at radius 2 is 1.87 bits per heavy atom. The molecule has 0 saturated heterocycles. The summed E-state index contributed by atoms with van der Waals surface area (Å²) >= 11 is 0. The molecule has 0 atom stereocenters. The molecule has 0 unspecified atom stereocenters. The normalized spacial score (nSPS) is 21.8. The summed E-state index contributed by atoms with van der Waals surface area (Å²) in [7, 11) is -3.14. The maximum Gasteiger partial charge on any atom is 0.267 e. The molecule has 0 radical (unpaired) electrons. The van der Waals surface area contributed by atoms with Gasteiger partial charge in [-0.05, 0) is 55.2 Å². The molecule has 166 valence electrons. The number of carbonyl (C=O) groups excluding carboxylic acids is 1. The van der Waals surface area contributed by atoms with Crippen LogP contribution in [-0.2, 0) is 10.0 Å². The van der Waals surface area contributed by atoms with Crippen molar-refractivity contribution in [3.8, 4) is 5.88 Å². The van der Waals surface area contributed by atoms with Crippen LogP contribution in [0, 0.1) is 5.92 Å². The van der Waals surface area contributed by atoms with Crippen LogP contribution in [0.25, 0.3) is 0 Å². The van der Waals surface area contributed by atoms with E-state index in [0.717, 1.165) is 31.4 Å². The van der Waals surface area contributed by atoms with E-state index in [0.29, 0.717) is 31.5 Å². The van der Waals surface area contributed by atoms with Gasteiger partial charge in [-0.25, -0.2) is 23.1 Å². The van der Waals surface area contributed by atoms with Gasteiger partial charge in [-0.15, -0.1) is 0 Å². The fourth-order valence-electron chi connectivity index (χ4n) is 4.30. The van der Waals surface area contributed by atoms with E-state index in [1.165, 1.54) is 18.1 Å². The van der Waals surface area contributed by atoms with Crippen LogP contribution >= 0.6 is 0 Å². The monoisotopic (exact) mass is 445 g/mol. The summed E-state index contributed by atoms with van der Waals surface area (Å²) in [5, 5.41) is 0. The molecule has 1 aromatic heterocycles. The average molecular weight is 446 g/mol. The first kappa shape index (κ1) is 21.5. The molecule has 1 aliphatic heterocycles. The Balaban J connectivity index is 1.42. The fraction of sp³-hybridized carbons (Fsp3) is 0.476. The molecule has 31 heavy (non-hydrogen) atoms. The van der Waals surface area contributed by atoms with Crippen LogP contribution in [0.4, 0.5) is 11.5 Å². The van der Waals surface area contributed by atoms with Crippen molar-refractivity contribution in [3.63, 3.8) is 0 Å². The lowest BCUT2D eigenvalue weighted by Crippen LogP contribution is -2.32. The molecule has 0 bridgehead atoms. The Kier molecular flexibility index (Phi) is 6.10. The molecular formula is C21H27N5O4S. The summed E-state index contributed by atoms with van der Waals surface area (Å²) in [5.41, 5.74) is 8.12. The minimum Gasteiger partial charge on any atom is -0.475 e. The summed E-state index contributed by atoms with van der Waals surface area (Å²) in [6, 6.07) is 8.05. The number of rotatable bonds is 5. The van der Waals surface area contributed by atoms with Crippen molar-refractivity contribution < 1.29 is 17.9 Å². The van der Waals surface area contributed by atoms with Gasteiger partial charge in [0, 0.05) is 12.2 Å². The van der Waals surface area contributed by atoms with E-state index in [9.17, 15) is 13.2 Å². The molecule has 3 N–H and O–H groups in total. The SMILES string of the molecule is CS(=O)(=O)NCC1CCC(c2ccc(N3CCOc4ncnc(N)c4C3=O)cc2)CC1. The van der Waals surface area contributed by atoms with E-state index in [-0.39, 0.29) is 23.2 Å². The third kappa shape index (κ3) is 4.96. The summed E-state index contributed by atoms with van der Waals surface area (Å²) in [5.74, 6) is 0.890. The minimum atomic E-state index is -3.14. The number of carbonyl (C=O) groups is 1. The smallest absolute Gasteiger partial charge is 0.267 e. The molecule has 1 saturated carbocycles. The van der Waals surface area contributed by atoms with Crippen molar-refractivity contribution in [1.82, 2.24) is 14.7 Å². The summed E-state index contributed by atoms with van der Waals surface area (Å²) in [6.45, 7) is 1.23. The highest BCUT2D eigenvalue weighted by Gasteiger charge is 2.29. The maximum absolute atomic E-state index is 13.0. The van der Waals surface area contributed by atoms with Crippen molar-refractivity contribution in [2.75, 3.05) is 36.6 Å². The van der Waals surface area contributed by atoms with E-state index in [2.05, 4.69) is 26.8 Å². The number of sulfonamides is 1. The van der Waals surface area contributed by atoms with E-state index in [4.69, 9.17) is 10.5 Å². The van der Waals surface area contributed by atoms with E-state index in [1.54, 1.807) is 4.90 Å². The van der Waals surface area contributed by atoms with Gasteiger partial charge < -0.3 is 15.4 Å². The average Bonchev–Trinajstić information content (AvgIpc) is 2.92. The molecule has 2 heterocycles. The molecule has 9 nitrogen and oxygen atoms in total. The van der Waals surface area contributed by atoms with Crippen molar-refractivity contribution in [2.24, 2.45) is 5.92 Å². The number of fused-ring (bicyclic) bond motifs is 1. The lowest BCUT2D eigenvalue weighted by molar-refractivity contribution is 0.0990. The third-order valence-corrected chi connectivity index (χ3v) is 6.70. The van der Waals surface area contributed by atoms with Crippen molar-refractivity contribution in [3.05, 3.63) is 41.7 Å². The number of hydrogen-bond donors (Lipinski definition) is 2. The number of anilines is 2. The second kappa shape index (κ2) is 8.80. The van der Waals surface area contributed by atoms with Crippen molar-refractivity contribution in [1.29, 1.82) is 0 Å². The zero-order valence-corrected chi connectivity index (χ0v) is 18.3. The van der Waals surface area contributed by atoms with Crippen LogP contribution in [0.1, 0.15) is 47.5 Å². The Morgan fingerprint density at radius 3 is 2.55 bits per heavy atom. The highest BCUT2D eigenvalue weighted by molar-refractivity contribution is 7.88. The Bertz CT molecular complexity index is 1050. The molecule has 1 aromatic carbocycles. The highest BCUT2D eigenvalue weighted by atomic mass is 32.2. The van der Waals surface area contributed by atoms with Crippen molar-refractivity contribution in [2.45, 2.75) is 31.6 Å². The standard InChI is InChI=1S/C21H27N5O4S/c1-31(28,29)25-12-14-2-4-15(5-3-14)16-6-8-17(9-7-16)26-10-11-30-20-18(21(26)27)19(22)23-13-24-20/h6-9,13-15,25H,2-5,10-12H2,1H3,(H2,22,23,24). The van der Waals surface area contributed by atoms with E-state index >= 15 is 0 Å². The van der Waals surface area contributed by atoms with Crippen LogP contribution in [0.3, 0.4) is 0 Å². The number of amides is 1. The predicted molar refractivity (Wildman–Crippen MR) is 118 cm³/mol. The van der Waals surface area contributed by atoms with Gasteiger partial charge in [-0.1, -0.05) is 12.1 Å². The number of nitrogens with two attached hydrogens (primary N) is 1. The first-order chi connectivity index (χ1) is 14.8. The number of nitrogens with zero attached hydrogens (tertiary/aromatic N) is 3. The highest BCUT2D eigenvalue weighted by Crippen LogP contribution is 2.36. The molecule has 1 fully saturated rings. The lowest BCUT2D eigenvalue weighted by atomic mass is 9.79.